The van der Waals surface area contributed by atoms with Crippen LogP contribution in [0.5, 0.6) is 0 Å². The fourth-order valence-corrected chi connectivity index (χ4v) is 6.24. The lowest BCUT2D eigenvalue weighted by Gasteiger charge is -2.27. The number of benzene rings is 1. The molecule has 0 saturated heterocycles. The summed E-state index contributed by atoms with van der Waals surface area (Å²) in [7, 11) is -1.23. The number of hydrogen-bond donors (Lipinski definition) is 1. The van der Waals surface area contributed by atoms with E-state index in [1.54, 1.807) is 31.2 Å². The maximum absolute atomic E-state index is 12.6. The van der Waals surface area contributed by atoms with Gasteiger partial charge in [-0.2, -0.15) is 0 Å². The average molecular weight is 500 g/mol. The fourth-order valence-electron chi connectivity index (χ4n) is 4.31. The quantitative estimate of drug-likeness (QED) is 0.479. The van der Waals surface area contributed by atoms with Crippen molar-refractivity contribution in [1.29, 1.82) is 0 Å². The predicted molar refractivity (Wildman–Crippen MR) is 133 cm³/mol. The van der Waals surface area contributed by atoms with Crippen molar-refractivity contribution in [3.8, 4) is 0 Å². The highest BCUT2D eigenvalue weighted by atomic mass is 32.2. The molecule has 1 aliphatic rings. The Morgan fingerprint density at radius 3 is 2.47 bits per heavy atom. The number of carbonyl (C=O) groups is 1. The molecule has 4 rings (SSSR count). The van der Waals surface area contributed by atoms with Gasteiger partial charge in [-0.15, -0.1) is 11.3 Å². The molecule has 1 N–H and O–H groups in total. The predicted octanol–water partition coefficient (Wildman–Crippen LogP) is 3.66. The highest BCUT2D eigenvalue weighted by Crippen LogP contribution is 2.43. The van der Waals surface area contributed by atoms with Crippen LogP contribution in [0, 0.1) is 5.92 Å². The van der Waals surface area contributed by atoms with Gasteiger partial charge in [0.2, 0.25) is 5.91 Å². The van der Waals surface area contributed by atoms with Gasteiger partial charge < -0.3 is 5.32 Å². The van der Waals surface area contributed by atoms with Crippen molar-refractivity contribution in [2.45, 2.75) is 51.2 Å². The van der Waals surface area contributed by atoms with Crippen LogP contribution in [-0.2, 0) is 41.2 Å². The van der Waals surface area contributed by atoms with E-state index in [1.165, 1.54) is 21.8 Å². The summed E-state index contributed by atoms with van der Waals surface area (Å²) in [4.78, 5) is 21.4. The first-order chi connectivity index (χ1) is 16.2. The van der Waals surface area contributed by atoms with Gasteiger partial charge >= 0.3 is 0 Å². The van der Waals surface area contributed by atoms with Crippen LogP contribution in [0.1, 0.15) is 48.5 Å². The minimum atomic E-state index is -3.24. The van der Waals surface area contributed by atoms with E-state index < -0.39 is 9.84 Å². The molecule has 0 aliphatic carbocycles. The minimum absolute atomic E-state index is 0.0560. The second kappa shape index (κ2) is 9.93. The molecule has 0 fully saturated rings. The maximum Gasteiger partial charge on any atom is 0.230 e. The van der Waals surface area contributed by atoms with E-state index in [9.17, 15) is 13.2 Å². The van der Waals surface area contributed by atoms with E-state index in [4.69, 9.17) is 4.98 Å². The highest BCUT2D eigenvalue weighted by molar-refractivity contribution is 7.91. The molecular formula is C25H31N4O3S2+. The third-order valence-electron chi connectivity index (χ3n) is 6.09. The van der Waals surface area contributed by atoms with E-state index in [1.807, 2.05) is 11.6 Å². The molecule has 3 heterocycles. The first-order valence-corrected chi connectivity index (χ1v) is 13.9. The van der Waals surface area contributed by atoms with Crippen molar-refractivity contribution in [2.24, 2.45) is 13.0 Å². The zero-order valence-electron chi connectivity index (χ0n) is 20.0. The number of aromatic nitrogens is 2. The van der Waals surface area contributed by atoms with Gasteiger partial charge in [0.1, 0.15) is 7.05 Å². The van der Waals surface area contributed by atoms with Crippen molar-refractivity contribution < 1.29 is 17.8 Å². The van der Waals surface area contributed by atoms with E-state index in [2.05, 4.69) is 48.6 Å². The summed E-state index contributed by atoms with van der Waals surface area (Å²) in [5.41, 5.74) is 3.09. The van der Waals surface area contributed by atoms with Gasteiger partial charge in [0, 0.05) is 30.1 Å². The Balaban J connectivity index is 1.41. The summed E-state index contributed by atoms with van der Waals surface area (Å²) in [6, 6.07) is 11.0. The maximum atomic E-state index is 12.6. The molecule has 1 atom stereocenters. The van der Waals surface area contributed by atoms with Gasteiger partial charge in [0.05, 0.1) is 28.8 Å². The second-order valence-electron chi connectivity index (χ2n) is 9.07. The Labute approximate surface area is 205 Å². The SMILES string of the molecule is CCS(=O)(=O)c1ccc(CC(=O)Nc2nc3c(s2)CN(Cc2cc[n+](C)cc2)[C@H]3C(C)C)cc1. The molecule has 3 aromatic rings. The van der Waals surface area contributed by atoms with Gasteiger partial charge in [-0.05, 0) is 29.2 Å². The van der Waals surface area contributed by atoms with Crippen LogP contribution >= 0.6 is 11.3 Å². The molecule has 0 unspecified atom stereocenters. The van der Waals surface area contributed by atoms with Crippen LogP contribution < -0.4 is 9.88 Å². The monoisotopic (exact) mass is 499 g/mol. The zero-order chi connectivity index (χ0) is 24.5. The molecule has 0 saturated carbocycles. The molecule has 0 radical (unpaired) electrons. The molecule has 0 spiro atoms. The molecule has 2 aromatic heterocycles. The molecule has 7 nitrogen and oxygen atoms in total. The molecule has 9 heteroatoms. The number of nitrogens with zero attached hydrogens (tertiary/aromatic N) is 3. The zero-order valence-corrected chi connectivity index (χ0v) is 21.6. The van der Waals surface area contributed by atoms with E-state index >= 15 is 0 Å². The molecule has 1 aromatic carbocycles. The Bertz CT molecular complexity index is 1270. The van der Waals surface area contributed by atoms with Crippen molar-refractivity contribution in [3.05, 3.63) is 70.5 Å². The topological polar surface area (TPSA) is 83.2 Å². The van der Waals surface area contributed by atoms with Crippen molar-refractivity contribution >= 4 is 32.2 Å². The largest absolute Gasteiger partial charge is 0.302 e. The number of thiazole rings is 1. The first kappa shape index (κ1) is 24.5. The number of anilines is 1. The Hall–Kier alpha value is -2.62. The summed E-state index contributed by atoms with van der Waals surface area (Å²) in [6.45, 7) is 7.71. The average Bonchev–Trinajstić information content (AvgIpc) is 3.31. The van der Waals surface area contributed by atoms with Gasteiger partial charge in [0.15, 0.2) is 27.4 Å². The Morgan fingerprint density at radius 2 is 1.85 bits per heavy atom. The number of hydrogen-bond acceptors (Lipinski definition) is 6. The van der Waals surface area contributed by atoms with Crippen LogP contribution in [0.2, 0.25) is 0 Å². The molecule has 34 heavy (non-hydrogen) atoms. The number of amides is 1. The van der Waals surface area contributed by atoms with Crippen LogP contribution in [0.25, 0.3) is 0 Å². The van der Waals surface area contributed by atoms with Crippen molar-refractivity contribution in [1.82, 2.24) is 9.88 Å². The Morgan fingerprint density at radius 1 is 1.18 bits per heavy atom. The van der Waals surface area contributed by atoms with Crippen LogP contribution in [0.4, 0.5) is 5.13 Å². The Kier molecular flexibility index (Phi) is 7.16. The molecule has 0 bridgehead atoms. The second-order valence-corrected chi connectivity index (χ2v) is 12.4. The third-order valence-corrected chi connectivity index (χ3v) is 8.81. The number of carbonyl (C=O) groups excluding carboxylic acids is 1. The van der Waals surface area contributed by atoms with E-state index in [0.717, 1.165) is 24.3 Å². The van der Waals surface area contributed by atoms with Crippen molar-refractivity contribution in [3.63, 3.8) is 0 Å². The summed E-state index contributed by atoms with van der Waals surface area (Å²) in [5, 5.41) is 3.56. The lowest BCUT2D eigenvalue weighted by molar-refractivity contribution is -0.671. The highest BCUT2D eigenvalue weighted by Gasteiger charge is 2.36. The number of nitrogens with one attached hydrogen (secondary N) is 1. The summed E-state index contributed by atoms with van der Waals surface area (Å²) in [5.74, 6) is 0.290. The van der Waals surface area contributed by atoms with Gasteiger partial charge in [-0.1, -0.05) is 32.9 Å². The number of pyridine rings is 1. The molecular weight excluding hydrogens is 468 g/mol. The lowest BCUT2D eigenvalue weighted by atomic mass is 10.0. The fraction of sp³-hybridized carbons (Fsp3) is 0.400. The number of sulfone groups is 1. The smallest absolute Gasteiger partial charge is 0.230 e. The van der Waals surface area contributed by atoms with Gasteiger partial charge in [0.25, 0.3) is 0 Å². The molecule has 1 aliphatic heterocycles. The minimum Gasteiger partial charge on any atom is -0.302 e. The standard InChI is InChI=1S/C25H30N4O3S2/c1-5-34(31,32)20-8-6-18(7-9-20)14-22(30)26-25-27-23-21(33-25)16-29(24(23)17(2)3)15-19-10-12-28(4)13-11-19/h6-13,17,24H,5,14-16H2,1-4H3/p+1/t24-/m0/s1. The van der Waals surface area contributed by atoms with Crippen LogP contribution in [0.3, 0.4) is 0 Å². The third kappa shape index (κ3) is 5.37. The molecule has 1 amide bonds. The summed E-state index contributed by atoms with van der Waals surface area (Å²) >= 11 is 1.54. The van der Waals surface area contributed by atoms with Crippen LogP contribution in [-0.4, -0.2) is 30.0 Å². The lowest BCUT2D eigenvalue weighted by Crippen LogP contribution is -2.28. The van der Waals surface area contributed by atoms with Crippen molar-refractivity contribution in [2.75, 3.05) is 11.1 Å². The first-order valence-electron chi connectivity index (χ1n) is 11.5. The van der Waals surface area contributed by atoms with Gasteiger partial charge in [-0.3, -0.25) is 9.69 Å². The molecule has 180 valence electrons. The normalized spacial score (nSPS) is 16.1. The number of aryl methyl sites for hydroxylation is 1. The van der Waals surface area contributed by atoms with E-state index in [0.29, 0.717) is 11.0 Å². The van der Waals surface area contributed by atoms with Gasteiger partial charge in [-0.25, -0.2) is 18.0 Å². The number of rotatable bonds is 8. The summed E-state index contributed by atoms with van der Waals surface area (Å²) < 4.78 is 26.0. The van der Waals surface area contributed by atoms with Crippen LogP contribution in [0.15, 0.2) is 53.7 Å². The summed E-state index contributed by atoms with van der Waals surface area (Å²) in [6.07, 6.45) is 4.29. The van der Waals surface area contributed by atoms with E-state index in [-0.39, 0.29) is 29.0 Å². The number of fused-ring (bicyclic) bond motifs is 1.